The van der Waals surface area contributed by atoms with Crippen molar-refractivity contribution in [3.63, 3.8) is 0 Å². The van der Waals surface area contributed by atoms with Gasteiger partial charge in [-0.3, -0.25) is 4.90 Å². The average Bonchev–Trinajstić information content (AvgIpc) is 3.01. The summed E-state index contributed by atoms with van der Waals surface area (Å²) in [7, 11) is 1.89. The van der Waals surface area contributed by atoms with E-state index in [4.69, 9.17) is 9.72 Å². The van der Waals surface area contributed by atoms with Gasteiger partial charge in [0, 0.05) is 39.8 Å². The first-order chi connectivity index (χ1) is 12.7. The number of morpholine rings is 1. The van der Waals surface area contributed by atoms with Gasteiger partial charge >= 0.3 is 6.03 Å². The summed E-state index contributed by atoms with van der Waals surface area (Å²) in [5.41, 5.74) is 1.75. The van der Waals surface area contributed by atoms with Crippen molar-refractivity contribution >= 4 is 23.0 Å². The van der Waals surface area contributed by atoms with E-state index in [2.05, 4.69) is 16.7 Å². The molecule has 1 fully saturated rings. The summed E-state index contributed by atoms with van der Waals surface area (Å²) < 4.78 is 7.22. The van der Waals surface area contributed by atoms with Crippen molar-refractivity contribution in [2.45, 2.75) is 19.4 Å². The van der Waals surface area contributed by atoms with Crippen molar-refractivity contribution in [1.82, 2.24) is 19.4 Å². The van der Waals surface area contributed by atoms with Gasteiger partial charge in [0.2, 0.25) is 5.95 Å². The Balaban J connectivity index is 1.65. The molecule has 2 aliphatic rings. The van der Waals surface area contributed by atoms with Crippen molar-refractivity contribution in [2.24, 2.45) is 0 Å². The molecule has 1 unspecified atom stereocenters. The van der Waals surface area contributed by atoms with Gasteiger partial charge in [-0.15, -0.1) is 0 Å². The summed E-state index contributed by atoms with van der Waals surface area (Å²) in [5.74, 6) is 0.773. The van der Waals surface area contributed by atoms with Gasteiger partial charge in [-0.05, 0) is 25.5 Å². The Bertz CT molecular complexity index is 783. The maximum Gasteiger partial charge on any atom is 0.331 e. The first kappa shape index (κ1) is 17.3. The molecule has 3 heterocycles. The zero-order valence-corrected chi connectivity index (χ0v) is 15.6. The molecule has 0 spiro atoms. The largest absolute Gasteiger partial charge is 0.379 e. The fourth-order valence-corrected chi connectivity index (χ4v) is 4.02. The SMILES string of the molecule is CCN1c2nc3ccccc3n2C(=O)N(C)CC1CCN1CCOCC1. The zero-order chi connectivity index (χ0) is 18.1. The summed E-state index contributed by atoms with van der Waals surface area (Å²) in [6.07, 6.45) is 1.01. The van der Waals surface area contributed by atoms with E-state index >= 15 is 0 Å². The second-order valence-electron chi connectivity index (χ2n) is 7.08. The molecule has 0 radical (unpaired) electrons. The third kappa shape index (κ3) is 3.05. The van der Waals surface area contributed by atoms with Crippen molar-refractivity contribution in [3.8, 4) is 0 Å². The van der Waals surface area contributed by atoms with E-state index < -0.39 is 0 Å². The molecule has 26 heavy (non-hydrogen) atoms. The Morgan fingerprint density at radius 3 is 2.77 bits per heavy atom. The lowest BCUT2D eigenvalue weighted by Crippen LogP contribution is -2.45. The van der Waals surface area contributed by atoms with E-state index in [9.17, 15) is 4.79 Å². The highest BCUT2D eigenvalue weighted by molar-refractivity contribution is 5.93. The van der Waals surface area contributed by atoms with Gasteiger partial charge in [-0.1, -0.05) is 12.1 Å². The van der Waals surface area contributed by atoms with Crippen LogP contribution in [0.1, 0.15) is 13.3 Å². The fourth-order valence-electron chi connectivity index (χ4n) is 4.02. The van der Waals surface area contributed by atoms with Gasteiger partial charge in [0.05, 0.1) is 30.3 Å². The number of amides is 1. The van der Waals surface area contributed by atoms with Gasteiger partial charge in [0.1, 0.15) is 0 Å². The molecule has 1 aromatic heterocycles. The molecule has 1 atom stereocenters. The third-order valence-corrected chi connectivity index (χ3v) is 5.47. The van der Waals surface area contributed by atoms with Crippen LogP contribution in [0.4, 0.5) is 10.7 Å². The van der Waals surface area contributed by atoms with E-state index in [0.29, 0.717) is 6.54 Å². The molecule has 1 aromatic carbocycles. The number of ether oxygens (including phenoxy) is 1. The van der Waals surface area contributed by atoms with Crippen LogP contribution in [0.15, 0.2) is 24.3 Å². The van der Waals surface area contributed by atoms with Crippen molar-refractivity contribution in [2.75, 3.05) is 57.9 Å². The summed E-state index contributed by atoms with van der Waals surface area (Å²) in [5, 5.41) is 0. The van der Waals surface area contributed by atoms with Crippen LogP contribution in [0, 0.1) is 0 Å². The molecule has 1 amide bonds. The highest BCUT2D eigenvalue weighted by Gasteiger charge is 2.33. The molecule has 140 valence electrons. The van der Waals surface area contributed by atoms with E-state index in [-0.39, 0.29) is 12.1 Å². The molecule has 4 rings (SSSR count). The van der Waals surface area contributed by atoms with Crippen LogP contribution < -0.4 is 4.90 Å². The van der Waals surface area contributed by atoms with E-state index in [1.54, 1.807) is 4.57 Å². The molecule has 0 aliphatic carbocycles. The predicted octanol–water partition coefficient (Wildman–Crippen LogP) is 1.87. The van der Waals surface area contributed by atoms with Crippen LogP contribution in [0.3, 0.4) is 0 Å². The molecule has 1 saturated heterocycles. The van der Waals surface area contributed by atoms with Gasteiger partial charge in [0.15, 0.2) is 0 Å². The fraction of sp³-hybridized carbons (Fsp3) is 0.579. The lowest BCUT2D eigenvalue weighted by molar-refractivity contribution is 0.0363. The van der Waals surface area contributed by atoms with Gasteiger partial charge < -0.3 is 14.5 Å². The lowest BCUT2D eigenvalue weighted by Gasteiger charge is -2.33. The number of likely N-dealkylation sites (N-methyl/N-ethyl adjacent to an activating group) is 2. The molecular formula is C19H27N5O2. The number of carbonyl (C=O) groups excluding carboxylic acids is 1. The standard InChI is InChI=1S/C19H27N5O2/c1-3-23-15(8-9-22-10-12-26-13-11-22)14-21(2)19(25)24-17-7-5-4-6-16(17)20-18(23)24/h4-7,15H,3,8-14H2,1-2H3. The minimum atomic E-state index is 0.000947. The summed E-state index contributed by atoms with van der Waals surface area (Å²) in [4.78, 5) is 24.4. The van der Waals surface area contributed by atoms with E-state index in [1.165, 1.54) is 0 Å². The number of para-hydroxylation sites is 2. The number of rotatable bonds is 4. The van der Waals surface area contributed by atoms with Crippen LogP contribution in [-0.4, -0.2) is 84.4 Å². The predicted molar refractivity (Wildman–Crippen MR) is 102 cm³/mol. The first-order valence-electron chi connectivity index (χ1n) is 9.48. The lowest BCUT2D eigenvalue weighted by atomic mass is 10.1. The molecule has 0 saturated carbocycles. The number of anilines is 1. The smallest absolute Gasteiger partial charge is 0.331 e. The second-order valence-corrected chi connectivity index (χ2v) is 7.08. The van der Waals surface area contributed by atoms with E-state index in [0.717, 1.165) is 62.8 Å². The monoisotopic (exact) mass is 357 g/mol. The maximum atomic E-state index is 13.0. The van der Waals surface area contributed by atoms with Crippen molar-refractivity contribution in [3.05, 3.63) is 24.3 Å². The van der Waals surface area contributed by atoms with Crippen LogP contribution in [0.5, 0.6) is 0 Å². The highest BCUT2D eigenvalue weighted by atomic mass is 16.5. The summed E-state index contributed by atoms with van der Waals surface area (Å²) in [6, 6.07) is 8.13. The van der Waals surface area contributed by atoms with Crippen LogP contribution >= 0.6 is 0 Å². The Labute approximate surface area is 154 Å². The number of benzene rings is 1. The first-order valence-corrected chi connectivity index (χ1v) is 9.48. The number of nitrogens with zero attached hydrogens (tertiary/aromatic N) is 5. The molecule has 0 bridgehead atoms. The van der Waals surface area contributed by atoms with Gasteiger partial charge in [0.25, 0.3) is 0 Å². The normalized spacial score (nSPS) is 21.9. The number of carbonyl (C=O) groups is 1. The quantitative estimate of drug-likeness (QED) is 0.836. The van der Waals surface area contributed by atoms with Crippen LogP contribution in [-0.2, 0) is 4.74 Å². The zero-order valence-electron chi connectivity index (χ0n) is 15.6. The summed E-state index contributed by atoms with van der Waals surface area (Å²) >= 11 is 0. The molecule has 7 heteroatoms. The topological polar surface area (TPSA) is 53.8 Å². The number of fused-ring (bicyclic) bond motifs is 3. The number of aromatic nitrogens is 2. The van der Waals surface area contributed by atoms with E-state index in [1.807, 2.05) is 36.2 Å². The Kier molecular flexibility index (Phi) is 4.82. The summed E-state index contributed by atoms with van der Waals surface area (Å²) in [6.45, 7) is 8.33. The number of hydrogen-bond donors (Lipinski definition) is 0. The second kappa shape index (κ2) is 7.25. The van der Waals surface area contributed by atoms with Crippen molar-refractivity contribution in [1.29, 1.82) is 0 Å². The molecule has 0 N–H and O–H groups in total. The minimum Gasteiger partial charge on any atom is -0.379 e. The number of hydrogen-bond acceptors (Lipinski definition) is 5. The van der Waals surface area contributed by atoms with Crippen molar-refractivity contribution < 1.29 is 9.53 Å². The highest BCUT2D eigenvalue weighted by Crippen LogP contribution is 2.28. The molecular weight excluding hydrogens is 330 g/mol. The molecule has 2 aromatic rings. The number of imidazole rings is 1. The Morgan fingerprint density at radius 2 is 2.00 bits per heavy atom. The van der Waals surface area contributed by atoms with Crippen LogP contribution in [0.2, 0.25) is 0 Å². The Morgan fingerprint density at radius 1 is 1.23 bits per heavy atom. The Hall–Kier alpha value is -2.12. The van der Waals surface area contributed by atoms with Gasteiger partial charge in [-0.2, -0.15) is 0 Å². The van der Waals surface area contributed by atoms with Crippen LogP contribution in [0.25, 0.3) is 11.0 Å². The average molecular weight is 357 g/mol. The molecule has 2 aliphatic heterocycles. The van der Waals surface area contributed by atoms with Gasteiger partial charge in [-0.25, -0.2) is 14.3 Å². The third-order valence-electron chi connectivity index (χ3n) is 5.47. The minimum absolute atomic E-state index is 0.000947. The maximum absolute atomic E-state index is 13.0. The molecule has 7 nitrogen and oxygen atoms in total.